The Hall–Kier alpha value is -3.57. The van der Waals surface area contributed by atoms with Gasteiger partial charge in [-0.25, -0.2) is 8.42 Å². The van der Waals surface area contributed by atoms with Gasteiger partial charge >= 0.3 is 5.97 Å². The number of ether oxygens (including phenoxy) is 2. The number of aliphatic carboxylic acids is 1. The molecule has 0 fully saturated rings. The molecule has 0 radical (unpaired) electrons. The molecule has 3 aromatic rings. The summed E-state index contributed by atoms with van der Waals surface area (Å²) in [5.74, 6) is -1.19. The number of benzene rings is 1. The fourth-order valence-electron chi connectivity index (χ4n) is 4.91. The Kier molecular flexibility index (Phi) is 11.2. The molecule has 2 aromatic heterocycles. The summed E-state index contributed by atoms with van der Waals surface area (Å²) in [5, 5.41) is 9.60. The average molecular weight is 588 g/mol. The maximum Gasteiger partial charge on any atom is 0.324 e. The highest BCUT2D eigenvalue weighted by atomic mass is 32.2. The van der Waals surface area contributed by atoms with E-state index in [2.05, 4.69) is 18.7 Å². The first kappa shape index (κ1) is 32.0. The summed E-state index contributed by atoms with van der Waals surface area (Å²) in [6.45, 7) is 7.06. The smallest absolute Gasteiger partial charge is 0.324 e. The van der Waals surface area contributed by atoms with Crippen molar-refractivity contribution in [2.24, 2.45) is 0 Å². The second-order valence-electron chi connectivity index (χ2n) is 9.94. The van der Waals surface area contributed by atoms with E-state index in [-0.39, 0.29) is 28.5 Å². The van der Waals surface area contributed by atoms with Crippen LogP contribution < -0.4 is 13.8 Å². The molecular weight excluding hydrogens is 546 g/mol. The number of nitrogens with zero attached hydrogens (tertiary/aromatic N) is 3. The van der Waals surface area contributed by atoms with Gasteiger partial charge in [0, 0.05) is 23.9 Å². The number of hydrogen-bond donors (Lipinski definition) is 1. The number of methoxy groups -OCH3 is 2. The van der Waals surface area contributed by atoms with Gasteiger partial charge < -0.3 is 23.9 Å². The van der Waals surface area contributed by atoms with Gasteiger partial charge in [0.15, 0.2) is 0 Å². The quantitative estimate of drug-likeness (QED) is 0.227. The highest BCUT2D eigenvalue weighted by molar-refractivity contribution is 7.92. The van der Waals surface area contributed by atoms with Crippen LogP contribution in [0.4, 0.5) is 5.69 Å². The first-order chi connectivity index (χ1) is 19.6. The molecular formula is C30H41N3O7S. The van der Waals surface area contributed by atoms with E-state index in [0.29, 0.717) is 23.6 Å². The number of ketones is 1. The molecule has 1 N–H and O–H groups in total. The van der Waals surface area contributed by atoms with E-state index in [9.17, 15) is 23.1 Å². The second-order valence-corrected chi connectivity index (χ2v) is 12.0. The van der Waals surface area contributed by atoms with Gasteiger partial charge in [-0.05, 0) is 63.2 Å². The van der Waals surface area contributed by atoms with Crippen LogP contribution in [0.2, 0.25) is 0 Å². The maximum atomic E-state index is 13.7. The highest BCUT2D eigenvalue weighted by Crippen LogP contribution is 2.35. The van der Waals surface area contributed by atoms with E-state index < -0.39 is 22.5 Å². The van der Waals surface area contributed by atoms with Crippen LogP contribution in [0, 0.1) is 6.92 Å². The van der Waals surface area contributed by atoms with Crippen molar-refractivity contribution in [1.29, 1.82) is 0 Å². The minimum absolute atomic E-state index is 0.0643. The Bertz CT molecular complexity index is 1460. The third-order valence-corrected chi connectivity index (χ3v) is 8.79. The van der Waals surface area contributed by atoms with E-state index in [4.69, 9.17) is 9.47 Å². The van der Waals surface area contributed by atoms with Gasteiger partial charge in [0.1, 0.15) is 23.7 Å². The summed E-state index contributed by atoms with van der Waals surface area (Å²) in [7, 11) is -1.14. The van der Waals surface area contributed by atoms with Crippen LogP contribution in [-0.2, 0) is 14.8 Å². The van der Waals surface area contributed by atoms with Crippen LogP contribution >= 0.6 is 0 Å². The van der Waals surface area contributed by atoms with Crippen molar-refractivity contribution < 1.29 is 32.6 Å². The van der Waals surface area contributed by atoms with Gasteiger partial charge in [-0.15, -0.1) is 0 Å². The van der Waals surface area contributed by atoms with Crippen molar-refractivity contribution in [3.05, 3.63) is 59.4 Å². The van der Waals surface area contributed by atoms with Gasteiger partial charge in [-0.1, -0.05) is 32.8 Å². The van der Waals surface area contributed by atoms with E-state index >= 15 is 0 Å². The van der Waals surface area contributed by atoms with Crippen LogP contribution in [0.15, 0.2) is 42.6 Å². The number of pyridine rings is 1. The number of sulfonamides is 1. The molecule has 0 aliphatic carbocycles. The van der Waals surface area contributed by atoms with Crippen LogP contribution in [0.1, 0.15) is 61.1 Å². The lowest BCUT2D eigenvalue weighted by molar-refractivity contribution is -0.135. The predicted molar refractivity (Wildman–Crippen MR) is 160 cm³/mol. The minimum Gasteiger partial charge on any atom is -0.495 e. The molecule has 41 heavy (non-hydrogen) atoms. The van der Waals surface area contributed by atoms with E-state index in [1.54, 1.807) is 24.6 Å². The standard InChI is InChI=1S/C30H41N3O7S/c1-6-8-15-31(16-9-7-2)18-19-41(37,38)33(21-27(34)35)24-14-13-23(20-26(24)39-4)29(36)28-22(3)30(40-5)25-12-10-11-17-32(25)28/h10-14,17,20H,6-9,15-16,18-19,21H2,1-5H3,(H,34,35). The molecule has 0 bridgehead atoms. The minimum atomic E-state index is -4.04. The summed E-state index contributed by atoms with van der Waals surface area (Å²) in [4.78, 5) is 27.6. The van der Waals surface area contributed by atoms with E-state index in [1.165, 1.54) is 25.3 Å². The molecule has 0 aliphatic rings. The molecule has 0 amide bonds. The number of carboxylic acids is 1. The van der Waals surface area contributed by atoms with Crippen molar-refractivity contribution in [3.63, 3.8) is 0 Å². The van der Waals surface area contributed by atoms with Gasteiger partial charge in [0.25, 0.3) is 0 Å². The van der Waals surface area contributed by atoms with Crippen molar-refractivity contribution in [2.45, 2.75) is 46.5 Å². The van der Waals surface area contributed by atoms with Gasteiger partial charge in [0.05, 0.1) is 31.2 Å². The first-order valence-corrected chi connectivity index (χ1v) is 15.5. The zero-order valence-corrected chi connectivity index (χ0v) is 25.4. The Morgan fingerprint density at radius 2 is 1.66 bits per heavy atom. The molecule has 0 saturated carbocycles. The lowest BCUT2D eigenvalue weighted by Gasteiger charge is -2.27. The molecule has 0 spiro atoms. The lowest BCUT2D eigenvalue weighted by Crippen LogP contribution is -2.41. The number of hydrogen-bond acceptors (Lipinski definition) is 7. The number of anilines is 1. The topological polar surface area (TPSA) is 118 Å². The number of carbonyl (C=O) groups is 2. The molecule has 0 aliphatic heterocycles. The zero-order chi connectivity index (χ0) is 30.2. The SMILES string of the molecule is CCCCN(CCCC)CCS(=O)(=O)N(CC(=O)O)c1ccc(C(=O)c2c(C)c(OC)c3ccccn23)cc1OC. The number of rotatable bonds is 17. The van der Waals surface area contributed by atoms with Crippen LogP contribution in [0.3, 0.4) is 0 Å². The number of carboxylic acid groups (broad SMARTS) is 1. The van der Waals surface area contributed by atoms with E-state index in [0.717, 1.165) is 48.6 Å². The fraction of sp³-hybridized carbons (Fsp3) is 0.467. The molecule has 11 heteroatoms. The first-order valence-electron chi connectivity index (χ1n) is 13.9. The Morgan fingerprint density at radius 1 is 0.976 bits per heavy atom. The molecule has 0 saturated heterocycles. The van der Waals surface area contributed by atoms with E-state index in [1.807, 2.05) is 18.2 Å². The van der Waals surface area contributed by atoms with Crippen molar-refractivity contribution in [2.75, 3.05) is 50.5 Å². The maximum absolute atomic E-state index is 13.7. The molecule has 0 unspecified atom stereocenters. The second kappa shape index (κ2) is 14.4. The third kappa shape index (κ3) is 7.39. The molecule has 3 rings (SSSR count). The summed E-state index contributed by atoms with van der Waals surface area (Å²) in [6.07, 6.45) is 5.67. The number of unbranched alkanes of at least 4 members (excludes halogenated alkanes) is 2. The zero-order valence-electron chi connectivity index (χ0n) is 24.6. The van der Waals surface area contributed by atoms with Crippen molar-refractivity contribution in [1.82, 2.24) is 9.30 Å². The highest BCUT2D eigenvalue weighted by Gasteiger charge is 2.29. The summed E-state index contributed by atoms with van der Waals surface area (Å²) in [6, 6.07) is 9.90. The van der Waals surface area contributed by atoms with Crippen molar-refractivity contribution >= 4 is 33.0 Å². The predicted octanol–water partition coefficient (Wildman–Crippen LogP) is 4.62. The van der Waals surface area contributed by atoms with Gasteiger partial charge in [0.2, 0.25) is 15.8 Å². The Labute approximate surface area is 242 Å². The summed E-state index contributed by atoms with van der Waals surface area (Å²) < 4.78 is 40.8. The molecule has 10 nitrogen and oxygen atoms in total. The van der Waals surface area contributed by atoms with Crippen LogP contribution in [0.5, 0.6) is 11.5 Å². The summed E-state index contributed by atoms with van der Waals surface area (Å²) >= 11 is 0. The Balaban J connectivity index is 1.98. The largest absolute Gasteiger partial charge is 0.495 e. The molecule has 0 atom stereocenters. The monoisotopic (exact) mass is 587 g/mol. The number of fused-ring (bicyclic) bond motifs is 1. The third-order valence-electron chi connectivity index (χ3n) is 7.09. The lowest BCUT2D eigenvalue weighted by atomic mass is 10.0. The summed E-state index contributed by atoms with van der Waals surface area (Å²) in [5.41, 5.74) is 2.14. The number of carbonyl (C=O) groups excluding carboxylic acids is 1. The van der Waals surface area contributed by atoms with Crippen LogP contribution in [0.25, 0.3) is 5.52 Å². The molecule has 1 aromatic carbocycles. The fourth-order valence-corrected chi connectivity index (χ4v) is 6.38. The Morgan fingerprint density at radius 3 is 2.24 bits per heavy atom. The van der Waals surface area contributed by atoms with Gasteiger partial charge in [-0.2, -0.15) is 0 Å². The normalized spacial score (nSPS) is 11.7. The van der Waals surface area contributed by atoms with Crippen molar-refractivity contribution in [3.8, 4) is 11.5 Å². The molecule has 2 heterocycles. The van der Waals surface area contributed by atoms with Crippen LogP contribution in [-0.4, -0.2) is 80.7 Å². The number of aromatic nitrogens is 1. The molecule has 224 valence electrons. The van der Waals surface area contributed by atoms with Gasteiger partial charge in [-0.3, -0.25) is 13.9 Å². The average Bonchev–Trinajstić information content (AvgIpc) is 3.25.